The van der Waals surface area contributed by atoms with E-state index in [9.17, 15) is 45.3 Å². The Kier molecular flexibility index (Phi) is 8.36. The van der Waals surface area contributed by atoms with Crippen LogP contribution in [0, 0.1) is 44.8 Å². The number of carbonyl (C=O) groups is 2. The van der Waals surface area contributed by atoms with Gasteiger partial charge in [-0.1, -0.05) is 38.8 Å². The van der Waals surface area contributed by atoms with Crippen molar-refractivity contribution >= 4 is 11.9 Å². The van der Waals surface area contributed by atoms with Gasteiger partial charge in [-0.15, -0.1) is 0 Å². The molecule has 0 radical (unpaired) electrons. The van der Waals surface area contributed by atoms with E-state index in [1.807, 2.05) is 0 Å². The zero-order valence-corrected chi connectivity index (χ0v) is 27.8. The summed E-state index contributed by atoms with van der Waals surface area (Å²) in [5.41, 5.74) is -0.392. The molecular weight excluding hydrogens is 596 g/mol. The van der Waals surface area contributed by atoms with Crippen LogP contribution >= 0.6 is 0 Å². The Morgan fingerprint density at radius 2 is 1.52 bits per heavy atom. The summed E-state index contributed by atoms with van der Waals surface area (Å²) in [6.07, 6.45) is -3.40. The van der Waals surface area contributed by atoms with E-state index in [1.165, 1.54) is 11.1 Å². The van der Waals surface area contributed by atoms with Crippen molar-refractivity contribution in [3.63, 3.8) is 0 Å². The summed E-state index contributed by atoms with van der Waals surface area (Å²) in [7, 11) is 0. The van der Waals surface area contributed by atoms with Gasteiger partial charge >= 0.3 is 11.9 Å². The highest BCUT2D eigenvalue weighted by atomic mass is 16.7. The average molecular weight is 651 g/mol. The summed E-state index contributed by atoms with van der Waals surface area (Å²) in [6.45, 7) is 9.82. The molecule has 0 bridgehead atoms. The van der Waals surface area contributed by atoms with Crippen LogP contribution in [0.4, 0.5) is 0 Å². The SMILES string of the molecule is CC1(C)CC[C@]2(C(=O)O)CCC3=C(CCC4[C@@]5(C)C[C@H](O)[C@H](O[C@@H]6OC(CO)[C@@H](O)C(O)[C@@H]6O)[C@@](C)(C(=O)O)C5CC[C@@]34C)C2C1. The Morgan fingerprint density at radius 3 is 2.15 bits per heavy atom. The van der Waals surface area contributed by atoms with Gasteiger partial charge in [0.05, 0.1) is 23.5 Å². The number of aliphatic carboxylic acids is 2. The van der Waals surface area contributed by atoms with E-state index in [0.29, 0.717) is 19.3 Å². The molecule has 1 saturated heterocycles. The predicted octanol–water partition coefficient (Wildman–Crippen LogP) is 2.85. The molecule has 5 aliphatic carbocycles. The number of hydrogen-bond donors (Lipinski definition) is 7. The molecule has 7 N–H and O–H groups in total. The van der Waals surface area contributed by atoms with Crippen LogP contribution in [0.25, 0.3) is 0 Å². The van der Waals surface area contributed by atoms with Gasteiger partial charge in [-0.3, -0.25) is 9.59 Å². The van der Waals surface area contributed by atoms with Gasteiger partial charge in [-0.2, -0.15) is 0 Å². The topological polar surface area (TPSA) is 194 Å². The molecule has 1 heterocycles. The maximum absolute atomic E-state index is 13.3. The number of carboxylic acids is 2. The lowest BCUT2D eigenvalue weighted by Crippen LogP contribution is -2.69. The quantitative estimate of drug-likeness (QED) is 0.171. The summed E-state index contributed by atoms with van der Waals surface area (Å²) in [4.78, 5) is 26.1. The van der Waals surface area contributed by atoms with Crippen molar-refractivity contribution in [2.45, 2.75) is 142 Å². The van der Waals surface area contributed by atoms with Crippen molar-refractivity contribution in [1.82, 2.24) is 0 Å². The van der Waals surface area contributed by atoms with Crippen molar-refractivity contribution in [2.24, 2.45) is 44.8 Å². The van der Waals surface area contributed by atoms with E-state index in [-0.39, 0.29) is 29.1 Å². The monoisotopic (exact) mass is 650 g/mol. The maximum Gasteiger partial charge on any atom is 0.312 e. The first-order valence-electron chi connectivity index (χ1n) is 17.2. The lowest BCUT2D eigenvalue weighted by atomic mass is 9.38. The number of rotatable bonds is 5. The van der Waals surface area contributed by atoms with Crippen LogP contribution in [0.5, 0.6) is 0 Å². The highest BCUT2D eigenvalue weighted by molar-refractivity contribution is 5.77. The van der Waals surface area contributed by atoms with Crippen LogP contribution < -0.4 is 0 Å². The molecule has 0 aromatic rings. The molecule has 0 spiro atoms. The van der Waals surface area contributed by atoms with E-state index < -0.39 is 83.6 Å². The molecule has 6 rings (SSSR count). The van der Waals surface area contributed by atoms with Crippen LogP contribution in [0.15, 0.2) is 11.1 Å². The first-order chi connectivity index (χ1) is 21.4. The second-order valence-electron chi connectivity index (χ2n) is 17.1. The Morgan fingerprint density at radius 1 is 0.826 bits per heavy atom. The smallest absolute Gasteiger partial charge is 0.312 e. The molecule has 1 aliphatic heterocycles. The second kappa shape index (κ2) is 11.2. The van der Waals surface area contributed by atoms with E-state index in [2.05, 4.69) is 27.7 Å². The van der Waals surface area contributed by atoms with Gasteiger partial charge in [0, 0.05) is 0 Å². The van der Waals surface area contributed by atoms with Crippen LogP contribution in [0.1, 0.15) is 98.8 Å². The summed E-state index contributed by atoms with van der Waals surface area (Å²) in [6, 6.07) is 0. The van der Waals surface area contributed by atoms with Gasteiger partial charge in [0.25, 0.3) is 0 Å². The fourth-order valence-corrected chi connectivity index (χ4v) is 11.9. The molecular formula is C35H54O11. The van der Waals surface area contributed by atoms with E-state index in [4.69, 9.17) is 9.47 Å². The first-order valence-corrected chi connectivity index (χ1v) is 17.2. The van der Waals surface area contributed by atoms with Gasteiger partial charge in [-0.05, 0) is 105 Å². The van der Waals surface area contributed by atoms with Crippen LogP contribution in [-0.4, -0.2) is 97.2 Å². The third-order valence-electron chi connectivity index (χ3n) is 14.3. The average Bonchev–Trinajstić information content (AvgIpc) is 2.98. The maximum atomic E-state index is 13.3. The summed E-state index contributed by atoms with van der Waals surface area (Å²) in [5.74, 6) is -2.15. The number of carboxylic acid groups (broad SMARTS) is 2. The molecule has 260 valence electrons. The standard InChI is InChI=1S/C35H54O11/c1-31(2)12-13-35(30(43)44)11-8-18-17(19(35)14-31)6-7-22-32(18,3)10-9-23-33(22,4)15-20(37)27(34(23,5)29(41)42)46-28-26(40)25(39)24(38)21(16-36)45-28/h19-28,36-40H,6-16H2,1-5H3,(H,41,42)(H,43,44)/t19?,20-,21?,22?,23?,24+,25?,26-,27-,28-,32-,33+,34-,35+/m0/s1. The molecule has 0 aromatic heterocycles. The van der Waals surface area contributed by atoms with Gasteiger partial charge in [0.1, 0.15) is 30.5 Å². The minimum atomic E-state index is -1.72. The lowest BCUT2D eigenvalue weighted by Gasteiger charge is -2.67. The predicted molar refractivity (Wildman–Crippen MR) is 164 cm³/mol. The van der Waals surface area contributed by atoms with Crippen LogP contribution in [0.3, 0.4) is 0 Å². The normalized spacial score (nSPS) is 51.7. The van der Waals surface area contributed by atoms with Crippen molar-refractivity contribution in [2.75, 3.05) is 6.61 Å². The Bertz CT molecular complexity index is 1280. The van der Waals surface area contributed by atoms with Gasteiger partial charge in [0.15, 0.2) is 6.29 Å². The third kappa shape index (κ3) is 4.70. The van der Waals surface area contributed by atoms with E-state index >= 15 is 0 Å². The molecule has 11 nitrogen and oxygen atoms in total. The van der Waals surface area contributed by atoms with Gasteiger partial charge < -0.3 is 45.2 Å². The number of aliphatic hydroxyl groups excluding tert-OH is 5. The molecule has 46 heavy (non-hydrogen) atoms. The lowest BCUT2D eigenvalue weighted by molar-refractivity contribution is -0.339. The number of ether oxygens (including phenoxy) is 2. The van der Waals surface area contributed by atoms with Crippen molar-refractivity contribution in [1.29, 1.82) is 0 Å². The van der Waals surface area contributed by atoms with E-state index in [0.717, 1.165) is 38.5 Å². The molecule has 5 unspecified atom stereocenters. The Labute approximate surface area is 271 Å². The van der Waals surface area contributed by atoms with Crippen molar-refractivity contribution in [3.05, 3.63) is 11.1 Å². The van der Waals surface area contributed by atoms with Crippen molar-refractivity contribution in [3.8, 4) is 0 Å². The minimum absolute atomic E-state index is 0.00152. The minimum Gasteiger partial charge on any atom is -0.481 e. The summed E-state index contributed by atoms with van der Waals surface area (Å²) >= 11 is 0. The Balaban J connectivity index is 1.34. The second-order valence-corrected chi connectivity index (χ2v) is 17.1. The number of allylic oxidation sites excluding steroid dienone is 2. The first kappa shape index (κ1) is 34.3. The Hall–Kier alpha value is -1.60. The number of fused-ring (bicyclic) bond motifs is 6. The number of hydrogen-bond acceptors (Lipinski definition) is 9. The van der Waals surface area contributed by atoms with Crippen molar-refractivity contribution < 1.29 is 54.8 Å². The third-order valence-corrected chi connectivity index (χ3v) is 14.3. The molecule has 3 saturated carbocycles. The van der Waals surface area contributed by atoms with Gasteiger partial charge in [0.2, 0.25) is 0 Å². The molecule has 0 aromatic carbocycles. The largest absolute Gasteiger partial charge is 0.481 e. The summed E-state index contributed by atoms with van der Waals surface area (Å²) in [5, 5.41) is 74.1. The van der Waals surface area contributed by atoms with E-state index in [1.54, 1.807) is 6.92 Å². The highest BCUT2D eigenvalue weighted by Gasteiger charge is 2.69. The molecule has 6 aliphatic rings. The molecule has 4 fully saturated rings. The van der Waals surface area contributed by atoms with Crippen LogP contribution in [-0.2, 0) is 19.1 Å². The van der Waals surface area contributed by atoms with Gasteiger partial charge in [-0.25, -0.2) is 0 Å². The molecule has 11 heteroatoms. The van der Waals surface area contributed by atoms with Crippen LogP contribution in [0.2, 0.25) is 0 Å². The zero-order valence-electron chi connectivity index (χ0n) is 27.8. The highest BCUT2D eigenvalue weighted by Crippen LogP contribution is 2.72. The summed E-state index contributed by atoms with van der Waals surface area (Å²) < 4.78 is 11.7. The zero-order chi connectivity index (χ0) is 33.8. The molecule has 0 amide bonds. The molecule has 14 atom stereocenters. The number of aliphatic hydroxyl groups is 5. The fourth-order valence-electron chi connectivity index (χ4n) is 11.9. The fraction of sp³-hybridized carbons (Fsp3) is 0.886.